The van der Waals surface area contributed by atoms with Crippen molar-refractivity contribution in [2.45, 2.75) is 6.54 Å². The third-order valence-corrected chi connectivity index (χ3v) is 5.10. The number of hydrogen-bond acceptors (Lipinski definition) is 4. The molecule has 5 nitrogen and oxygen atoms in total. The molecule has 0 aliphatic rings. The van der Waals surface area contributed by atoms with Gasteiger partial charge in [-0.2, -0.15) is 0 Å². The summed E-state index contributed by atoms with van der Waals surface area (Å²) in [7, 11) is 1.90. The third kappa shape index (κ3) is 2.71. The van der Waals surface area contributed by atoms with Crippen molar-refractivity contribution in [1.82, 2.24) is 8.58 Å². The number of para-hydroxylation sites is 2. The second-order valence-electron chi connectivity index (χ2n) is 5.70. The topological polar surface area (TPSA) is 51.3 Å². The number of halogens is 2. The second kappa shape index (κ2) is 6.20. The Kier molecular flexibility index (Phi) is 4.01. The van der Waals surface area contributed by atoms with Gasteiger partial charge < -0.3 is 9.32 Å². The number of benzene rings is 2. The molecule has 2 heterocycles. The lowest BCUT2D eigenvalue weighted by molar-refractivity contribution is 0.657. The molecule has 0 atom stereocenters. The van der Waals surface area contributed by atoms with E-state index in [2.05, 4.69) is 21.1 Å². The number of fused-ring (bicyclic) bond motifs is 3. The van der Waals surface area contributed by atoms with Gasteiger partial charge in [0.05, 0.1) is 33.4 Å². The second-order valence-corrected chi connectivity index (χ2v) is 6.81. The molecule has 0 spiro atoms. The first-order chi connectivity index (χ1) is 12.1. The van der Waals surface area contributed by atoms with Crippen LogP contribution in [0.5, 0.6) is 0 Å². The molecule has 126 valence electrons. The molecule has 0 aliphatic carbocycles. The van der Waals surface area contributed by atoms with Crippen molar-refractivity contribution in [2.75, 3.05) is 11.9 Å². The Bertz CT molecular complexity index is 1150. The molecule has 4 rings (SSSR count). The molecular weight excluding hydrogens is 406 g/mol. The maximum absolute atomic E-state index is 12.6. The van der Waals surface area contributed by atoms with Crippen LogP contribution < -0.4 is 10.5 Å². The van der Waals surface area contributed by atoms with Crippen molar-refractivity contribution < 1.29 is 4.42 Å². The molecule has 0 radical (unpaired) electrons. The molecule has 0 N–H and O–H groups in total. The van der Waals surface area contributed by atoms with Crippen LogP contribution in [0, 0.1) is 0 Å². The van der Waals surface area contributed by atoms with E-state index < -0.39 is 0 Å². The van der Waals surface area contributed by atoms with Gasteiger partial charge in [-0.05, 0) is 24.3 Å². The van der Waals surface area contributed by atoms with E-state index in [-0.39, 0.29) is 11.1 Å². The summed E-state index contributed by atoms with van der Waals surface area (Å²) in [4.78, 5) is 19.2. The maximum atomic E-state index is 12.6. The number of nitrogens with zero attached hydrogens (tertiary/aromatic N) is 3. The van der Waals surface area contributed by atoms with Crippen LogP contribution in [0.3, 0.4) is 0 Å². The minimum absolute atomic E-state index is 0.238. The predicted octanol–water partition coefficient (Wildman–Crippen LogP) is 4.59. The number of furan rings is 1. The Hall–Kier alpha value is -2.31. The van der Waals surface area contributed by atoms with E-state index in [1.165, 1.54) is 3.59 Å². The van der Waals surface area contributed by atoms with Crippen molar-refractivity contribution in [3.05, 3.63) is 69.7 Å². The van der Waals surface area contributed by atoms with E-state index in [9.17, 15) is 4.79 Å². The van der Waals surface area contributed by atoms with Crippen LogP contribution in [-0.4, -0.2) is 15.6 Å². The predicted molar refractivity (Wildman–Crippen MR) is 104 cm³/mol. The van der Waals surface area contributed by atoms with Crippen molar-refractivity contribution in [3.8, 4) is 0 Å². The summed E-state index contributed by atoms with van der Waals surface area (Å²) in [6.07, 6.45) is 0. The van der Waals surface area contributed by atoms with Crippen molar-refractivity contribution in [2.24, 2.45) is 0 Å². The zero-order valence-corrected chi connectivity index (χ0v) is 15.6. The van der Waals surface area contributed by atoms with Crippen LogP contribution >= 0.6 is 27.7 Å². The minimum Gasteiger partial charge on any atom is -0.448 e. The van der Waals surface area contributed by atoms with Crippen LogP contribution in [0.15, 0.2) is 57.7 Å². The summed E-state index contributed by atoms with van der Waals surface area (Å²) in [6, 6.07) is 15.0. The highest BCUT2D eigenvalue weighted by Gasteiger charge is 2.18. The molecule has 0 amide bonds. The van der Waals surface area contributed by atoms with E-state index in [0.29, 0.717) is 28.5 Å². The number of hydrogen-bond donors (Lipinski definition) is 0. The Morgan fingerprint density at radius 1 is 1.20 bits per heavy atom. The first-order valence-corrected chi connectivity index (χ1v) is 8.70. The van der Waals surface area contributed by atoms with E-state index in [1.54, 1.807) is 0 Å². The number of anilines is 1. The molecule has 0 unspecified atom stereocenters. The van der Waals surface area contributed by atoms with Gasteiger partial charge in [0.1, 0.15) is 16.9 Å². The molecular formula is C18H13BrClN3O2. The molecule has 2 aromatic carbocycles. The average molecular weight is 419 g/mol. The maximum Gasteiger partial charge on any atom is 0.307 e. The van der Waals surface area contributed by atoms with Gasteiger partial charge in [0.2, 0.25) is 5.58 Å². The zero-order chi connectivity index (χ0) is 17.6. The van der Waals surface area contributed by atoms with E-state index in [4.69, 9.17) is 16.0 Å². The lowest BCUT2D eigenvalue weighted by Crippen LogP contribution is -2.24. The van der Waals surface area contributed by atoms with E-state index in [0.717, 1.165) is 11.1 Å². The van der Waals surface area contributed by atoms with Gasteiger partial charge in [0, 0.05) is 12.4 Å². The SMILES string of the molecule is CN(Cc1nc2c(oc3ccccc32)c(=O)n1Br)c1ccccc1Cl. The van der Waals surface area contributed by atoms with E-state index >= 15 is 0 Å². The summed E-state index contributed by atoms with van der Waals surface area (Å²) in [6.45, 7) is 0.402. The summed E-state index contributed by atoms with van der Waals surface area (Å²) >= 11 is 9.55. The smallest absolute Gasteiger partial charge is 0.307 e. The molecule has 0 bridgehead atoms. The standard InChI is InChI=1S/C18H13BrClN3O2/c1-22(13-8-4-3-7-12(13)20)10-15-21-16-11-6-2-5-9-14(11)25-17(16)18(24)23(15)19/h2-9H,10H2,1H3. The Labute approximate surface area is 156 Å². The molecule has 25 heavy (non-hydrogen) atoms. The summed E-state index contributed by atoms with van der Waals surface area (Å²) in [5.41, 5.74) is 2.04. The molecule has 0 saturated heterocycles. The third-order valence-electron chi connectivity index (χ3n) is 4.05. The van der Waals surface area contributed by atoms with Gasteiger partial charge in [-0.15, -0.1) is 0 Å². The van der Waals surface area contributed by atoms with Crippen LogP contribution in [-0.2, 0) is 6.54 Å². The summed E-state index contributed by atoms with van der Waals surface area (Å²) in [5, 5.41) is 1.47. The highest BCUT2D eigenvalue weighted by Crippen LogP contribution is 2.27. The molecule has 0 fully saturated rings. The fourth-order valence-corrected chi connectivity index (χ4v) is 3.46. The highest BCUT2D eigenvalue weighted by atomic mass is 79.9. The highest BCUT2D eigenvalue weighted by molar-refractivity contribution is 9.08. The van der Waals surface area contributed by atoms with Crippen molar-refractivity contribution >= 4 is 55.5 Å². The van der Waals surface area contributed by atoms with Gasteiger partial charge in [0.25, 0.3) is 0 Å². The normalized spacial score (nSPS) is 11.3. The minimum atomic E-state index is -0.274. The van der Waals surface area contributed by atoms with Crippen molar-refractivity contribution in [1.29, 1.82) is 0 Å². The van der Waals surface area contributed by atoms with Gasteiger partial charge >= 0.3 is 5.56 Å². The summed E-state index contributed by atoms with van der Waals surface area (Å²) in [5.74, 6) is 0.562. The van der Waals surface area contributed by atoms with Gasteiger partial charge in [0.15, 0.2) is 0 Å². The largest absolute Gasteiger partial charge is 0.448 e. The van der Waals surface area contributed by atoms with Crippen LogP contribution in [0.2, 0.25) is 5.02 Å². The fourth-order valence-electron chi connectivity index (χ4n) is 2.82. The monoisotopic (exact) mass is 417 g/mol. The molecule has 0 aliphatic heterocycles. The van der Waals surface area contributed by atoms with Crippen molar-refractivity contribution in [3.63, 3.8) is 0 Å². The first kappa shape index (κ1) is 16.2. The van der Waals surface area contributed by atoms with Crippen LogP contribution in [0.1, 0.15) is 5.82 Å². The van der Waals surface area contributed by atoms with E-state index in [1.807, 2.05) is 60.5 Å². The number of aromatic nitrogens is 2. The quantitative estimate of drug-likeness (QED) is 0.488. The zero-order valence-electron chi connectivity index (χ0n) is 13.2. The number of rotatable bonds is 3. The molecule has 4 aromatic rings. The van der Waals surface area contributed by atoms with Gasteiger partial charge in [-0.3, -0.25) is 4.79 Å². The first-order valence-electron chi connectivity index (χ1n) is 7.61. The summed E-state index contributed by atoms with van der Waals surface area (Å²) < 4.78 is 7.01. The molecule has 0 saturated carbocycles. The Morgan fingerprint density at radius 3 is 2.72 bits per heavy atom. The lowest BCUT2D eigenvalue weighted by Gasteiger charge is -2.20. The average Bonchev–Trinajstić information content (AvgIpc) is 2.98. The van der Waals surface area contributed by atoms with Crippen LogP contribution in [0.25, 0.3) is 22.1 Å². The van der Waals surface area contributed by atoms with Gasteiger partial charge in [-0.1, -0.05) is 35.9 Å². The fraction of sp³-hybridized carbons (Fsp3) is 0.111. The lowest BCUT2D eigenvalue weighted by atomic mass is 10.2. The molecule has 7 heteroatoms. The van der Waals surface area contributed by atoms with Crippen LogP contribution in [0.4, 0.5) is 5.69 Å². The van der Waals surface area contributed by atoms with Gasteiger partial charge in [-0.25, -0.2) is 8.58 Å². The Balaban J connectivity index is 1.85. The molecule has 2 aromatic heterocycles. The Morgan fingerprint density at radius 2 is 1.92 bits per heavy atom.